The van der Waals surface area contributed by atoms with Gasteiger partial charge in [-0.1, -0.05) is 130 Å². The van der Waals surface area contributed by atoms with Crippen LogP contribution in [0.4, 0.5) is 0 Å². The van der Waals surface area contributed by atoms with Crippen molar-refractivity contribution >= 4 is 19.8 Å². The molecule has 0 aromatic heterocycles. The van der Waals surface area contributed by atoms with Gasteiger partial charge in [0.05, 0.1) is 19.8 Å². The molecule has 0 spiro atoms. The number of carbonyl (C=O) groups excluding carboxylic acids is 2. The number of hydrogen-bond acceptors (Lipinski definition) is 9. The van der Waals surface area contributed by atoms with Crippen molar-refractivity contribution < 1.29 is 47.8 Å². The third kappa shape index (κ3) is 35.1. The summed E-state index contributed by atoms with van der Waals surface area (Å²) in [6.45, 7) is 1.94. The minimum Gasteiger partial charge on any atom is -0.462 e. The van der Waals surface area contributed by atoms with Crippen LogP contribution in [-0.2, 0) is 32.7 Å². The Bertz CT molecular complexity index is 1230. The molecule has 0 amide bonds. The van der Waals surface area contributed by atoms with E-state index in [4.69, 9.17) is 19.1 Å². The fourth-order valence-corrected chi connectivity index (χ4v) is 4.80. The average Bonchev–Trinajstić information content (AvgIpc) is 3.13. The minimum absolute atomic E-state index is 0.0731. The standard InChI is InChI=1S/C41H63O10P/c1-3-5-7-9-11-13-15-17-18-19-21-22-24-26-28-30-32-40(44)48-36-39(37-50-52(46,47)49-35-38(43)34-42)51-41(45)33-31-29-27-25-23-20-16-14-12-10-8-6-4-2/h5-8,10-14,16-18,20-23,25,27,38-39,42-43H,3-4,9,15,19,24,26,28-37H2,1-2H3,(H,46,47)/b7-5+,8-6+,12-10+,13-11+,16-14+,18-17+,22-21+,23-20+,27-25+/t38-,39?/m0/s1. The van der Waals surface area contributed by atoms with Crippen LogP contribution in [0.2, 0.25) is 0 Å². The van der Waals surface area contributed by atoms with Crippen molar-refractivity contribution in [1.29, 1.82) is 0 Å². The van der Waals surface area contributed by atoms with Gasteiger partial charge in [-0.3, -0.25) is 18.6 Å². The normalized spacial score (nSPS) is 15.2. The SMILES string of the molecule is CC/C=C/C=C/C=C/C=C/C=C/CCCC(=O)OC(COC(=O)CCCCC/C=C/C/C=C/C/C=C/C/C=C/CC)COP(=O)(O)OC[C@@H](O)CO. The van der Waals surface area contributed by atoms with Crippen LogP contribution in [0.25, 0.3) is 0 Å². The molecule has 2 unspecified atom stereocenters. The molecule has 0 aromatic rings. The molecule has 0 radical (unpaired) electrons. The van der Waals surface area contributed by atoms with E-state index >= 15 is 0 Å². The minimum atomic E-state index is -4.65. The predicted molar refractivity (Wildman–Crippen MR) is 209 cm³/mol. The summed E-state index contributed by atoms with van der Waals surface area (Å²) in [5, 5.41) is 18.3. The van der Waals surface area contributed by atoms with Gasteiger partial charge in [-0.15, -0.1) is 0 Å². The summed E-state index contributed by atoms with van der Waals surface area (Å²) < 4.78 is 32.4. The van der Waals surface area contributed by atoms with E-state index in [1.165, 1.54) is 0 Å². The fourth-order valence-electron chi connectivity index (χ4n) is 4.01. The van der Waals surface area contributed by atoms with Crippen molar-refractivity contribution in [3.8, 4) is 0 Å². The molecule has 52 heavy (non-hydrogen) atoms. The molecule has 0 fully saturated rings. The number of unbranched alkanes of at least 4 members (excludes halogenated alkanes) is 4. The number of hydrogen-bond donors (Lipinski definition) is 3. The van der Waals surface area contributed by atoms with Gasteiger partial charge >= 0.3 is 19.8 Å². The Morgan fingerprint density at radius 3 is 1.73 bits per heavy atom. The Morgan fingerprint density at radius 2 is 1.12 bits per heavy atom. The van der Waals surface area contributed by atoms with Crippen LogP contribution in [-0.4, -0.2) is 65.7 Å². The molecule has 0 heterocycles. The molecule has 3 atom stereocenters. The van der Waals surface area contributed by atoms with Gasteiger partial charge in [-0.2, -0.15) is 0 Å². The molecule has 0 aliphatic rings. The van der Waals surface area contributed by atoms with Gasteiger partial charge in [0.25, 0.3) is 0 Å². The molecule has 3 N–H and O–H groups in total. The lowest BCUT2D eigenvalue weighted by Crippen LogP contribution is -2.29. The van der Waals surface area contributed by atoms with Crippen molar-refractivity contribution in [3.05, 3.63) is 109 Å². The molecule has 10 nitrogen and oxygen atoms in total. The van der Waals surface area contributed by atoms with Gasteiger partial charge in [-0.05, 0) is 64.2 Å². The highest BCUT2D eigenvalue weighted by Gasteiger charge is 2.27. The Morgan fingerprint density at radius 1 is 0.596 bits per heavy atom. The number of phosphoric ester groups is 1. The molecule has 0 aromatic carbocycles. The zero-order valence-electron chi connectivity index (χ0n) is 31.2. The number of rotatable bonds is 32. The van der Waals surface area contributed by atoms with Gasteiger partial charge in [0.2, 0.25) is 0 Å². The summed E-state index contributed by atoms with van der Waals surface area (Å²) in [5.41, 5.74) is 0. The van der Waals surface area contributed by atoms with Crippen LogP contribution < -0.4 is 0 Å². The van der Waals surface area contributed by atoms with Crippen LogP contribution in [0.15, 0.2) is 109 Å². The van der Waals surface area contributed by atoms with Crippen molar-refractivity contribution in [1.82, 2.24) is 0 Å². The van der Waals surface area contributed by atoms with E-state index in [-0.39, 0.29) is 19.4 Å². The summed E-state index contributed by atoms with van der Waals surface area (Å²) in [5.74, 6) is -1.07. The first-order valence-electron chi connectivity index (χ1n) is 18.4. The van der Waals surface area contributed by atoms with Crippen LogP contribution in [0, 0.1) is 0 Å². The molecule has 292 valence electrons. The first-order chi connectivity index (χ1) is 25.2. The van der Waals surface area contributed by atoms with Gasteiger partial charge in [0, 0.05) is 12.8 Å². The first kappa shape index (κ1) is 48.6. The fraction of sp³-hybridized carbons (Fsp3) is 0.512. The summed E-state index contributed by atoms with van der Waals surface area (Å²) >= 11 is 0. The van der Waals surface area contributed by atoms with Crippen molar-refractivity contribution in [2.24, 2.45) is 0 Å². The maximum absolute atomic E-state index is 12.5. The van der Waals surface area contributed by atoms with Crippen LogP contribution in [0.1, 0.15) is 97.3 Å². The summed E-state index contributed by atoms with van der Waals surface area (Å²) in [6.07, 6.45) is 43.6. The molecular formula is C41H63O10P. The van der Waals surface area contributed by atoms with E-state index in [0.29, 0.717) is 19.3 Å². The lowest BCUT2D eigenvalue weighted by Gasteiger charge is -2.20. The highest BCUT2D eigenvalue weighted by atomic mass is 31.2. The van der Waals surface area contributed by atoms with Gasteiger partial charge in [0.1, 0.15) is 12.7 Å². The first-order valence-corrected chi connectivity index (χ1v) is 19.9. The zero-order valence-corrected chi connectivity index (χ0v) is 32.1. The molecule has 0 aliphatic heterocycles. The summed E-state index contributed by atoms with van der Waals surface area (Å²) in [6, 6.07) is 0. The van der Waals surface area contributed by atoms with Crippen LogP contribution in [0.5, 0.6) is 0 Å². The van der Waals surface area contributed by atoms with Crippen molar-refractivity contribution in [2.45, 2.75) is 110 Å². The molecular weight excluding hydrogens is 683 g/mol. The Kier molecular flexibility index (Phi) is 33.7. The molecule has 0 saturated carbocycles. The van der Waals surface area contributed by atoms with E-state index in [9.17, 15) is 24.2 Å². The van der Waals surface area contributed by atoms with Crippen LogP contribution >= 0.6 is 7.82 Å². The third-order valence-corrected chi connectivity index (χ3v) is 7.75. The lowest BCUT2D eigenvalue weighted by atomic mass is 10.1. The summed E-state index contributed by atoms with van der Waals surface area (Å²) in [4.78, 5) is 34.8. The van der Waals surface area contributed by atoms with E-state index in [1.807, 2.05) is 54.7 Å². The maximum Gasteiger partial charge on any atom is 0.472 e. The van der Waals surface area contributed by atoms with Crippen molar-refractivity contribution in [3.63, 3.8) is 0 Å². The number of phosphoric acid groups is 1. The monoisotopic (exact) mass is 746 g/mol. The number of carbonyl (C=O) groups is 2. The second-order valence-corrected chi connectivity index (χ2v) is 13.1. The smallest absolute Gasteiger partial charge is 0.462 e. The number of ether oxygens (including phenoxy) is 2. The van der Waals surface area contributed by atoms with Gasteiger partial charge < -0.3 is 24.6 Å². The highest BCUT2D eigenvalue weighted by Crippen LogP contribution is 2.43. The second-order valence-electron chi connectivity index (χ2n) is 11.6. The van der Waals surface area contributed by atoms with Crippen molar-refractivity contribution in [2.75, 3.05) is 26.4 Å². The van der Waals surface area contributed by atoms with Gasteiger partial charge in [-0.25, -0.2) is 4.57 Å². The number of aliphatic hydroxyl groups excluding tert-OH is 2. The largest absolute Gasteiger partial charge is 0.472 e. The molecule has 0 rings (SSSR count). The summed E-state index contributed by atoms with van der Waals surface area (Å²) in [7, 11) is -4.65. The Balaban J connectivity index is 4.58. The topological polar surface area (TPSA) is 149 Å². The average molecular weight is 747 g/mol. The second kappa shape index (κ2) is 36.0. The molecule has 0 saturated heterocycles. The highest BCUT2D eigenvalue weighted by molar-refractivity contribution is 7.47. The quantitative estimate of drug-likeness (QED) is 0.0200. The zero-order chi connectivity index (χ0) is 38.4. The number of allylic oxidation sites excluding steroid dienone is 18. The predicted octanol–water partition coefficient (Wildman–Crippen LogP) is 9.05. The third-order valence-electron chi connectivity index (χ3n) is 6.80. The lowest BCUT2D eigenvalue weighted by molar-refractivity contribution is -0.161. The maximum atomic E-state index is 12.5. The van der Waals surface area contributed by atoms with E-state index in [0.717, 1.165) is 51.4 Å². The number of aliphatic hydroxyl groups is 2. The Hall–Kier alpha value is -3.37. The Labute approximate surface area is 312 Å². The number of esters is 2. The molecule has 0 aliphatic carbocycles. The van der Waals surface area contributed by atoms with E-state index in [2.05, 4.69) is 73.1 Å². The molecule has 11 heteroatoms. The van der Waals surface area contributed by atoms with Gasteiger partial charge in [0.15, 0.2) is 6.10 Å². The molecule has 0 bridgehead atoms. The van der Waals surface area contributed by atoms with E-state index < -0.39 is 51.8 Å². The van der Waals surface area contributed by atoms with E-state index in [1.54, 1.807) is 0 Å². The van der Waals surface area contributed by atoms with Crippen LogP contribution in [0.3, 0.4) is 0 Å².